The Morgan fingerprint density at radius 2 is 2.10 bits per heavy atom. The standard InChI is InChI=1S/C14H15F3N2OS/c1-8(2)4-10-5-12(14(15,16)17)11(6-18)13(19-10)21-7-9(3)20/h5,8H,4,7H2,1-3H3. The molecule has 21 heavy (non-hydrogen) atoms. The number of pyridine rings is 1. The molecule has 1 aromatic heterocycles. The van der Waals surface area contributed by atoms with E-state index in [0.29, 0.717) is 6.42 Å². The SMILES string of the molecule is CC(=O)CSc1nc(CC(C)C)cc(C(F)(F)F)c1C#N. The molecule has 0 aliphatic heterocycles. The van der Waals surface area contributed by atoms with Crippen LogP contribution in [0.3, 0.4) is 0 Å². The molecule has 7 heteroatoms. The Labute approximate surface area is 125 Å². The van der Waals surface area contributed by atoms with Gasteiger partial charge in [0, 0.05) is 5.69 Å². The zero-order chi connectivity index (χ0) is 16.2. The molecular formula is C14H15F3N2OS. The molecule has 1 rings (SSSR count). The van der Waals surface area contributed by atoms with E-state index >= 15 is 0 Å². The van der Waals surface area contributed by atoms with Crippen molar-refractivity contribution in [3.05, 3.63) is 22.9 Å². The van der Waals surface area contributed by atoms with E-state index in [1.807, 2.05) is 13.8 Å². The van der Waals surface area contributed by atoms with Crippen LogP contribution in [0.1, 0.15) is 37.6 Å². The molecule has 0 saturated carbocycles. The minimum Gasteiger partial charge on any atom is -0.299 e. The van der Waals surface area contributed by atoms with Crippen LogP contribution in [-0.2, 0) is 17.4 Å². The summed E-state index contributed by atoms with van der Waals surface area (Å²) in [5, 5.41) is 8.98. The number of carbonyl (C=O) groups is 1. The molecule has 0 unspecified atom stereocenters. The first-order valence-corrected chi connectivity index (χ1v) is 7.27. The fourth-order valence-corrected chi connectivity index (χ4v) is 2.52. The molecule has 0 bridgehead atoms. The Balaban J connectivity index is 3.37. The monoisotopic (exact) mass is 316 g/mol. The summed E-state index contributed by atoms with van der Waals surface area (Å²) in [4.78, 5) is 15.1. The number of thioether (sulfide) groups is 1. The number of ketones is 1. The topological polar surface area (TPSA) is 53.8 Å². The van der Waals surface area contributed by atoms with Gasteiger partial charge in [0.2, 0.25) is 0 Å². The Morgan fingerprint density at radius 3 is 2.52 bits per heavy atom. The van der Waals surface area contributed by atoms with Crippen molar-refractivity contribution < 1.29 is 18.0 Å². The Morgan fingerprint density at radius 1 is 1.48 bits per heavy atom. The van der Waals surface area contributed by atoms with Gasteiger partial charge >= 0.3 is 6.18 Å². The molecule has 0 radical (unpaired) electrons. The Kier molecular flexibility index (Phi) is 5.78. The van der Waals surface area contributed by atoms with E-state index in [-0.39, 0.29) is 28.2 Å². The van der Waals surface area contributed by atoms with E-state index in [2.05, 4.69) is 4.98 Å². The van der Waals surface area contributed by atoms with Crippen molar-refractivity contribution in [2.75, 3.05) is 5.75 Å². The molecule has 0 spiro atoms. The normalized spacial score (nSPS) is 11.5. The second kappa shape index (κ2) is 6.94. The number of hydrogen-bond acceptors (Lipinski definition) is 4. The van der Waals surface area contributed by atoms with Crippen LogP contribution in [0.5, 0.6) is 0 Å². The first kappa shape index (κ1) is 17.5. The third-order valence-electron chi connectivity index (χ3n) is 2.49. The number of alkyl halides is 3. The van der Waals surface area contributed by atoms with Crippen LogP contribution in [0.25, 0.3) is 0 Å². The van der Waals surface area contributed by atoms with Crippen molar-refractivity contribution in [1.29, 1.82) is 5.26 Å². The molecular weight excluding hydrogens is 301 g/mol. The summed E-state index contributed by atoms with van der Waals surface area (Å²) < 4.78 is 39.2. The number of nitriles is 1. The highest BCUT2D eigenvalue weighted by Crippen LogP contribution is 2.36. The molecule has 1 heterocycles. The van der Waals surface area contributed by atoms with Gasteiger partial charge in [-0.05, 0) is 25.3 Å². The molecule has 0 N–H and O–H groups in total. The second-order valence-corrected chi connectivity index (χ2v) is 6.00. The summed E-state index contributed by atoms with van der Waals surface area (Å²) in [6, 6.07) is 2.49. The lowest BCUT2D eigenvalue weighted by molar-refractivity contribution is -0.138. The molecule has 0 aliphatic rings. The van der Waals surface area contributed by atoms with E-state index in [0.717, 1.165) is 17.8 Å². The van der Waals surface area contributed by atoms with Crippen LogP contribution in [0.15, 0.2) is 11.1 Å². The molecule has 0 fully saturated rings. The predicted octanol–water partition coefficient (Wildman–Crippen LogP) is 3.85. The average Bonchev–Trinajstić information content (AvgIpc) is 2.33. The van der Waals surface area contributed by atoms with Gasteiger partial charge < -0.3 is 0 Å². The summed E-state index contributed by atoms with van der Waals surface area (Å²) in [6.45, 7) is 5.08. The molecule has 0 saturated heterocycles. The van der Waals surface area contributed by atoms with E-state index in [9.17, 15) is 18.0 Å². The maximum atomic E-state index is 13.1. The van der Waals surface area contributed by atoms with Crippen LogP contribution in [0.4, 0.5) is 13.2 Å². The molecule has 0 aliphatic carbocycles. The fourth-order valence-electron chi connectivity index (χ4n) is 1.70. The molecule has 0 aromatic carbocycles. The lowest BCUT2D eigenvalue weighted by Crippen LogP contribution is -2.12. The van der Waals surface area contributed by atoms with Crippen molar-refractivity contribution in [1.82, 2.24) is 4.98 Å². The van der Waals surface area contributed by atoms with Crippen molar-refractivity contribution in [3.63, 3.8) is 0 Å². The molecule has 1 aromatic rings. The van der Waals surface area contributed by atoms with E-state index in [4.69, 9.17) is 5.26 Å². The van der Waals surface area contributed by atoms with Crippen LogP contribution in [0, 0.1) is 17.2 Å². The first-order valence-electron chi connectivity index (χ1n) is 6.28. The number of Topliss-reactive ketones (excluding diaryl/α,β-unsaturated/α-hetero) is 1. The Bertz CT molecular complexity index is 577. The lowest BCUT2D eigenvalue weighted by Gasteiger charge is -2.14. The average molecular weight is 316 g/mol. The number of halogens is 3. The minimum atomic E-state index is -4.62. The molecule has 0 amide bonds. The van der Waals surface area contributed by atoms with Gasteiger partial charge in [-0.3, -0.25) is 4.79 Å². The molecule has 3 nitrogen and oxygen atoms in total. The van der Waals surface area contributed by atoms with Crippen molar-refractivity contribution in [3.8, 4) is 6.07 Å². The van der Waals surface area contributed by atoms with Gasteiger partial charge in [0.25, 0.3) is 0 Å². The van der Waals surface area contributed by atoms with Crippen molar-refractivity contribution in [2.45, 2.75) is 38.4 Å². The maximum absolute atomic E-state index is 13.1. The van der Waals surface area contributed by atoms with E-state index < -0.39 is 17.3 Å². The highest BCUT2D eigenvalue weighted by Gasteiger charge is 2.36. The van der Waals surface area contributed by atoms with Gasteiger partial charge in [-0.15, -0.1) is 0 Å². The number of rotatable bonds is 5. The fraction of sp³-hybridized carbons (Fsp3) is 0.500. The molecule has 114 valence electrons. The smallest absolute Gasteiger partial charge is 0.299 e. The quantitative estimate of drug-likeness (QED) is 0.774. The van der Waals surface area contributed by atoms with Gasteiger partial charge in [0.15, 0.2) is 0 Å². The first-order chi connectivity index (χ1) is 9.65. The largest absolute Gasteiger partial charge is 0.417 e. The van der Waals surface area contributed by atoms with Gasteiger partial charge in [0.05, 0.1) is 16.9 Å². The highest BCUT2D eigenvalue weighted by molar-refractivity contribution is 8.00. The zero-order valence-electron chi connectivity index (χ0n) is 11.9. The van der Waals surface area contributed by atoms with E-state index in [1.54, 1.807) is 6.07 Å². The third kappa shape index (κ3) is 5.05. The summed E-state index contributed by atoms with van der Waals surface area (Å²) in [6.07, 6.45) is -4.24. The maximum Gasteiger partial charge on any atom is 0.417 e. The van der Waals surface area contributed by atoms with Crippen LogP contribution in [0.2, 0.25) is 0 Å². The van der Waals surface area contributed by atoms with E-state index in [1.165, 1.54) is 6.92 Å². The number of carbonyl (C=O) groups excluding carboxylic acids is 1. The third-order valence-corrected chi connectivity index (χ3v) is 3.61. The second-order valence-electron chi connectivity index (χ2n) is 5.04. The lowest BCUT2D eigenvalue weighted by atomic mass is 10.0. The summed E-state index contributed by atoms with van der Waals surface area (Å²) >= 11 is 0.868. The van der Waals surface area contributed by atoms with Crippen LogP contribution in [-0.4, -0.2) is 16.5 Å². The van der Waals surface area contributed by atoms with Crippen LogP contribution >= 0.6 is 11.8 Å². The minimum absolute atomic E-state index is 0.00981. The van der Waals surface area contributed by atoms with Gasteiger partial charge in [-0.25, -0.2) is 4.98 Å². The molecule has 0 atom stereocenters. The zero-order valence-corrected chi connectivity index (χ0v) is 12.7. The summed E-state index contributed by atoms with van der Waals surface area (Å²) in [7, 11) is 0. The highest BCUT2D eigenvalue weighted by atomic mass is 32.2. The van der Waals surface area contributed by atoms with Gasteiger partial charge in [0.1, 0.15) is 16.9 Å². The number of nitrogens with zero attached hydrogens (tertiary/aromatic N) is 2. The summed E-state index contributed by atoms with van der Waals surface area (Å²) in [5.74, 6) is -0.0601. The van der Waals surface area contributed by atoms with Gasteiger partial charge in [-0.2, -0.15) is 18.4 Å². The summed E-state index contributed by atoms with van der Waals surface area (Å²) in [5.41, 5.74) is -1.22. The van der Waals surface area contributed by atoms with Crippen molar-refractivity contribution >= 4 is 17.5 Å². The van der Waals surface area contributed by atoms with Gasteiger partial charge in [-0.1, -0.05) is 25.6 Å². The van der Waals surface area contributed by atoms with Crippen LogP contribution < -0.4 is 0 Å². The Hall–Kier alpha value is -1.55. The van der Waals surface area contributed by atoms with Crippen molar-refractivity contribution in [2.24, 2.45) is 5.92 Å². The predicted molar refractivity (Wildman–Crippen MR) is 73.9 cm³/mol. The number of hydrogen-bond donors (Lipinski definition) is 0. The number of aromatic nitrogens is 1.